The Morgan fingerprint density at radius 3 is 2.11 bits per heavy atom. The van der Waals surface area contributed by atoms with Crippen LogP contribution in [0.1, 0.15) is 42.9 Å². The first kappa shape index (κ1) is 21.0. The van der Waals surface area contributed by atoms with Gasteiger partial charge in [-0.3, -0.25) is 4.28 Å². The Kier molecular flexibility index (Phi) is 6.30. The van der Waals surface area contributed by atoms with Crippen molar-refractivity contribution < 1.29 is 25.9 Å². The minimum atomic E-state index is -4.87. The molecule has 2 rings (SSSR count). The van der Waals surface area contributed by atoms with Crippen LogP contribution in [0.2, 0.25) is 0 Å². The first-order chi connectivity index (χ1) is 12.5. The van der Waals surface area contributed by atoms with E-state index >= 15 is 0 Å². The smallest absolute Gasteiger partial charge is 0.264 e. The summed E-state index contributed by atoms with van der Waals surface area (Å²) in [6, 6.07) is 11.2. The zero-order chi connectivity index (χ0) is 20.2. The second-order valence-corrected chi connectivity index (χ2v) is 7.74. The zero-order valence-electron chi connectivity index (χ0n) is 15.1. The highest BCUT2D eigenvalue weighted by Gasteiger charge is 2.38. The van der Waals surface area contributed by atoms with Gasteiger partial charge in [0.05, 0.1) is 0 Å². The van der Waals surface area contributed by atoms with Gasteiger partial charge in [-0.05, 0) is 37.0 Å². The molecule has 0 fully saturated rings. The first-order valence-electron chi connectivity index (χ1n) is 8.30. The summed E-state index contributed by atoms with van der Waals surface area (Å²) in [7, 11) is -4.45. The van der Waals surface area contributed by atoms with Crippen molar-refractivity contribution in [3.05, 3.63) is 65.2 Å². The van der Waals surface area contributed by atoms with Gasteiger partial charge in [0.25, 0.3) is 0 Å². The van der Waals surface area contributed by atoms with E-state index in [9.17, 15) is 21.6 Å². The fraction of sp³-hybridized carbons (Fsp3) is 0.316. The Bertz CT molecular complexity index is 903. The lowest BCUT2D eigenvalue weighted by molar-refractivity contribution is -0.0597. The van der Waals surface area contributed by atoms with E-state index in [1.54, 1.807) is 19.1 Å². The van der Waals surface area contributed by atoms with Crippen molar-refractivity contribution >= 4 is 15.8 Å². The summed E-state index contributed by atoms with van der Waals surface area (Å²) < 4.78 is 68.6. The molecular weight excluding hydrogens is 379 g/mol. The van der Waals surface area contributed by atoms with E-state index in [1.807, 2.05) is 13.8 Å². The maximum absolute atomic E-state index is 13.4. The molecule has 0 aromatic heterocycles. The van der Waals surface area contributed by atoms with Gasteiger partial charge in [0, 0.05) is 5.56 Å². The van der Waals surface area contributed by atoms with E-state index in [-0.39, 0.29) is 16.4 Å². The number of hydrogen-bond acceptors (Lipinski definition) is 4. The second-order valence-electron chi connectivity index (χ2n) is 6.21. The molecule has 1 atom stereocenters. The van der Waals surface area contributed by atoms with Crippen molar-refractivity contribution in [1.82, 2.24) is 0 Å². The Morgan fingerprint density at radius 1 is 1.07 bits per heavy atom. The van der Waals surface area contributed by atoms with Crippen molar-refractivity contribution in [2.75, 3.05) is 0 Å². The summed E-state index contributed by atoms with van der Waals surface area (Å²) in [6.45, 7) is 5.69. The second kappa shape index (κ2) is 8.12. The third-order valence-electron chi connectivity index (χ3n) is 4.17. The molecule has 0 N–H and O–H groups in total. The molecule has 27 heavy (non-hydrogen) atoms. The van der Waals surface area contributed by atoms with Crippen LogP contribution in [-0.2, 0) is 14.4 Å². The molecule has 4 nitrogen and oxygen atoms in total. The van der Waals surface area contributed by atoms with Gasteiger partial charge < -0.3 is 0 Å². The van der Waals surface area contributed by atoms with Crippen molar-refractivity contribution in [3.63, 3.8) is 0 Å². The van der Waals surface area contributed by atoms with Gasteiger partial charge in [-0.2, -0.15) is 21.6 Å². The van der Waals surface area contributed by atoms with Crippen LogP contribution in [0.3, 0.4) is 0 Å². The molecule has 146 valence electrons. The minimum absolute atomic E-state index is 0.198. The highest BCUT2D eigenvalue weighted by Crippen LogP contribution is 2.26. The van der Waals surface area contributed by atoms with E-state index in [4.69, 9.17) is 0 Å². The summed E-state index contributed by atoms with van der Waals surface area (Å²) >= 11 is 0. The predicted molar refractivity (Wildman–Crippen MR) is 97.2 cm³/mol. The number of rotatable bonds is 6. The molecule has 0 amide bonds. The van der Waals surface area contributed by atoms with Gasteiger partial charge in [-0.15, -0.1) is 0 Å². The van der Waals surface area contributed by atoms with E-state index < -0.39 is 22.0 Å². The monoisotopic (exact) mass is 399 g/mol. The molecule has 2 aromatic carbocycles. The summed E-state index contributed by atoms with van der Waals surface area (Å²) in [4.78, 5) is -0.273. The van der Waals surface area contributed by atoms with Gasteiger partial charge in [-0.1, -0.05) is 61.0 Å². The van der Waals surface area contributed by atoms with Crippen LogP contribution in [0.25, 0.3) is 0 Å². The topological polar surface area (TPSA) is 55.7 Å². The Labute approximate surface area is 156 Å². The molecule has 1 unspecified atom stereocenters. The molecule has 0 saturated heterocycles. The molecule has 0 aliphatic heterocycles. The fourth-order valence-corrected chi connectivity index (χ4v) is 3.04. The van der Waals surface area contributed by atoms with Crippen LogP contribution in [0, 0.1) is 6.92 Å². The van der Waals surface area contributed by atoms with E-state index in [1.165, 1.54) is 36.4 Å². The third-order valence-corrected chi connectivity index (χ3v) is 5.29. The van der Waals surface area contributed by atoms with Gasteiger partial charge in [0.2, 0.25) is 0 Å². The summed E-state index contributed by atoms with van der Waals surface area (Å²) in [5.41, 5.74) is 0.00773. The number of hydrogen-bond donors (Lipinski definition) is 0. The average Bonchev–Trinajstić information content (AvgIpc) is 2.61. The number of halogens is 3. The summed E-state index contributed by atoms with van der Waals surface area (Å²) in [5, 5.41) is 2.93. The quantitative estimate of drug-likeness (QED) is 0.497. The largest absolute Gasteiger partial charge is 0.437 e. The van der Waals surface area contributed by atoms with Crippen molar-refractivity contribution in [2.45, 2.75) is 44.2 Å². The number of nitrogens with zero attached hydrogens (tertiary/aromatic N) is 1. The van der Waals surface area contributed by atoms with Gasteiger partial charge >= 0.3 is 16.3 Å². The number of alkyl halides is 3. The molecule has 0 spiro atoms. The Hall–Kier alpha value is -2.35. The lowest BCUT2D eigenvalue weighted by Gasteiger charge is -2.13. The van der Waals surface area contributed by atoms with Crippen molar-refractivity contribution in [2.24, 2.45) is 5.16 Å². The Balaban J connectivity index is 2.35. The van der Waals surface area contributed by atoms with Gasteiger partial charge in [0.1, 0.15) is 4.90 Å². The lowest BCUT2D eigenvalue weighted by atomic mass is 9.97. The number of benzene rings is 2. The molecule has 0 bridgehead atoms. The zero-order valence-corrected chi connectivity index (χ0v) is 15.9. The van der Waals surface area contributed by atoms with Crippen LogP contribution in [0.4, 0.5) is 13.2 Å². The predicted octanol–water partition coefficient (Wildman–Crippen LogP) is 5.18. The Morgan fingerprint density at radius 2 is 1.63 bits per heavy atom. The molecule has 0 heterocycles. The molecule has 0 radical (unpaired) electrons. The standard InChI is InChI=1S/C19H20F3NO3S/c1-4-14(3)15-7-9-16(10-8-15)18(19(20,21)22)23-26-27(24,25)17-11-5-13(2)6-12-17/h5-12,14H,4H2,1-3H3/b23-18-. The molecule has 0 saturated carbocycles. The molecule has 0 aliphatic rings. The van der Waals surface area contributed by atoms with Crippen LogP contribution in [0.15, 0.2) is 58.6 Å². The SMILES string of the molecule is CCC(C)c1ccc(/C(=N/OS(=O)(=O)c2ccc(C)cc2)C(F)(F)F)cc1. The van der Waals surface area contributed by atoms with Crippen LogP contribution in [-0.4, -0.2) is 20.3 Å². The normalized spacial score (nSPS) is 14.1. The molecular formula is C19H20F3NO3S. The van der Waals surface area contributed by atoms with E-state index in [0.29, 0.717) is 0 Å². The van der Waals surface area contributed by atoms with Crippen LogP contribution in [0.5, 0.6) is 0 Å². The number of oxime groups is 1. The summed E-state index contributed by atoms with van der Waals surface area (Å²) in [6.07, 6.45) is -4.03. The highest BCUT2D eigenvalue weighted by atomic mass is 32.2. The van der Waals surface area contributed by atoms with Crippen molar-refractivity contribution in [1.29, 1.82) is 0 Å². The molecule has 8 heteroatoms. The van der Waals surface area contributed by atoms with Crippen LogP contribution >= 0.6 is 0 Å². The van der Waals surface area contributed by atoms with Gasteiger partial charge in [-0.25, -0.2) is 0 Å². The fourth-order valence-electron chi connectivity index (χ4n) is 2.31. The van der Waals surface area contributed by atoms with Crippen LogP contribution < -0.4 is 0 Å². The minimum Gasteiger partial charge on any atom is -0.264 e. The average molecular weight is 399 g/mol. The lowest BCUT2D eigenvalue weighted by Crippen LogP contribution is -2.25. The maximum Gasteiger partial charge on any atom is 0.437 e. The number of aryl methyl sites for hydroxylation is 1. The third kappa shape index (κ3) is 5.32. The van der Waals surface area contributed by atoms with Crippen molar-refractivity contribution in [3.8, 4) is 0 Å². The molecule has 0 aliphatic carbocycles. The van der Waals surface area contributed by atoms with E-state index in [2.05, 4.69) is 9.44 Å². The molecule has 2 aromatic rings. The highest BCUT2D eigenvalue weighted by molar-refractivity contribution is 7.86. The summed E-state index contributed by atoms with van der Waals surface area (Å²) in [5.74, 6) is 0.198. The van der Waals surface area contributed by atoms with E-state index in [0.717, 1.165) is 17.5 Å². The maximum atomic E-state index is 13.4. The van der Waals surface area contributed by atoms with Gasteiger partial charge in [0.15, 0.2) is 5.71 Å². The first-order valence-corrected chi connectivity index (χ1v) is 9.71.